The van der Waals surface area contributed by atoms with Crippen molar-refractivity contribution >= 4 is 6.29 Å². The van der Waals surface area contributed by atoms with E-state index in [4.69, 9.17) is 23.3 Å². The molecule has 1 radical (unpaired) electrons. The van der Waals surface area contributed by atoms with Crippen LogP contribution in [0.1, 0.15) is 11.1 Å². The molecule has 7 heteroatoms. The van der Waals surface area contributed by atoms with Crippen LogP contribution in [0, 0.1) is 40.2 Å². The third kappa shape index (κ3) is 36.0. The SMILES string of the molecule is Cc1ccc([C-]=O)cc1.[C-]#[O+].[C-]#[O+].[C-]#[O+].[C-]#[O+].[C-]#[O+].[Mn]. The van der Waals surface area contributed by atoms with Crippen molar-refractivity contribution in [2.75, 3.05) is 0 Å². The van der Waals surface area contributed by atoms with Crippen molar-refractivity contribution in [1.29, 1.82) is 0 Å². The van der Waals surface area contributed by atoms with Crippen molar-refractivity contribution in [2.24, 2.45) is 0 Å². The van der Waals surface area contributed by atoms with Crippen LogP contribution in [-0.2, 0) is 45.1 Å². The van der Waals surface area contributed by atoms with Crippen molar-refractivity contribution in [3.8, 4) is 0 Å². The molecule has 0 saturated carbocycles. The molecule has 0 amide bonds. The summed E-state index contributed by atoms with van der Waals surface area (Å²) in [4.78, 5) is 9.99. The van der Waals surface area contributed by atoms with Crippen molar-refractivity contribution < 1.29 is 45.1 Å². The van der Waals surface area contributed by atoms with Gasteiger partial charge in [0, 0.05) is 17.1 Å². The molecule has 0 fully saturated rings. The Kier molecular flexibility index (Phi) is 96.7. The molecule has 103 valence electrons. The number of aryl methyl sites for hydroxylation is 1. The van der Waals surface area contributed by atoms with Crippen molar-refractivity contribution in [2.45, 2.75) is 6.92 Å². The third-order valence-electron chi connectivity index (χ3n) is 1.17. The first kappa shape index (κ1) is 36.2. The van der Waals surface area contributed by atoms with Crippen molar-refractivity contribution in [1.82, 2.24) is 0 Å². The Morgan fingerprint density at radius 2 is 1.00 bits per heavy atom. The minimum atomic E-state index is 0. The van der Waals surface area contributed by atoms with E-state index in [-0.39, 0.29) is 17.1 Å². The third-order valence-corrected chi connectivity index (χ3v) is 1.17. The van der Waals surface area contributed by atoms with E-state index >= 15 is 0 Å². The zero-order chi connectivity index (χ0) is 16.7. The van der Waals surface area contributed by atoms with E-state index in [0.717, 1.165) is 5.56 Å². The summed E-state index contributed by atoms with van der Waals surface area (Å²) in [6.45, 7) is 24.5. The molecule has 20 heavy (non-hydrogen) atoms. The largest absolute Gasteiger partial charge is 0 e. The molecular weight excluding hydrogens is 307 g/mol. The normalized spacial score (nSPS) is 4.55. The number of carbonyl (C=O) groups excluding carboxylic acids is 1. The molecule has 1 aromatic rings. The van der Waals surface area contributed by atoms with Gasteiger partial charge in [0.1, 0.15) is 0 Å². The second kappa shape index (κ2) is 53.5. The van der Waals surface area contributed by atoms with Crippen LogP contribution in [0.2, 0.25) is 0 Å². The van der Waals surface area contributed by atoms with Gasteiger partial charge in [0.15, 0.2) is 0 Å². The van der Waals surface area contributed by atoms with E-state index < -0.39 is 0 Å². The fraction of sp³-hybridized carbons (Fsp3) is 0.0769. The summed E-state index contributed by atoms with van der Waals surface area (Å²) in [7, 11) is 0. The van der Waals surface area contributed by atoms with E-state index in [9.17, 15) is 4.79 Å². The quantitative estimate of drug-likeness (QED) is 0.433. The van der Waals surface area contributed by atoms with Gasteiger partial charge in [-0.3, -0.25) is 0 Å². The molecule has 1 rings (SSSR count). The zero-order valence-electron chi connectivity index (χ0n) is 10.1. The number of benzene rings is 1. The molecule has 1 aromatic carbocycles. The molecule has 0 aliphatic carbocycles. The van der Waals surface area contributed by atoms with Crippen LogP contribution in [0.15, 0.2) is 24.3 Å². The average molecular weight is 314 g/mol. The molecule has 0 bridgehead atoms. The van der Waals surface area contributed by atoms with E-state index in [2.05, 4.69) is 33.3 Å². The smallest absolute Gasteiger partial charge is 0 e. The molecule has 0 saturated heterocycles. The molecule has 0 atom stereocenters. The van der Waals surface area contributed by atoms with Crippen LogP contribution >= 0.6 is 0 Å². The predicted octanol–water partition coefficient (Wildman–Crippen LogP) is 1.26. The van der Waals surface area contributed by atoms with Crippen molar-refractivity contribution in [3.63, 3.8) is 0 Å². The minimum Gasteiger partial charge on any atom is 0 e. The van der Waals surface area contributed by atoms with Crippen LogP contribution in [0.3, 0.4) is 0 Å². The van der Waals surface area contributed by atoms with Gasteiger partial charge in [-0.25, -0.2) is 0 Å². The number of rotatable bonds is 1. The Hall–Kier alpha value is -1.89. The molecule has 0 aliphatic heterocycles. The summed E-state index contributed by atoms with van der Waals surface area (Å²) in [6, 6.07) is 7.28. The first-order valence-corrected chi connectivity index (χ1v) is 3.80. The summed E-state index contributed by atoms with van der Waals surface area (Å²) in [5, 5.41) is 0. The van der Waals surface area contributed by atoms with Gasteiger partial charge < -0.3 is 4.79 Å². The molecule has 0 N–H and O–H groups in total. The molecule has 0 unspecified atom stereocenters. The fourth-order valence-corrected chi connectivity index (χ4v) is 0.622. The first-order chi connectivity index (χ1) is 9.33. The maximum atomic E-state index is 9.99. The van der Waals surface area contributed by atoms with Crippen LogP contribution in [0.25, 0.3) is 0 Å². The topological polar surface area (TPSA) is 117 Å². The zero-order valence-corrected chi connectivity index (χ0v) is 11.3. The summed E-state index contributed by atoms with van der Waals surface area (Å²) < 4.78 is 37.5. The molecule has 0 aliphatic rings. The van der Waals surface area contributed by atoms with Crippen LogP contribution < -0.4 is 0 Å². The summed E-state index contributed by atoms with van der Waals surface area (Å²) in [6.07, 6.45) is 1.80. The summed E-state index contributed by atoms with van der Waals surface area (Å²) in [5.41, 5.74) is 1.77. The van der Waals surface area contributed by atoms with Gasteiger partial charge in [-0.1, -0.05) is 5.56 Å². The Morgan fingerprint density at radius 1 is 0.750 bits per heavy atom. The van der Waals surface area contributed by atoms with Gasteiger partial charge >= 0.3 is 56.5 Å². The van der Waals surface area contributed by atoms with Crippen molar-refractivity contribution in [3.05, 3.63) is 68.6 Å². The van der Waals surface area contributed by atoms with E-state index in [1.54, 1.807) is 18.4 Å². The van der Waals surface area contributed by atoms with Gasteiger partial charge in [0.05, 0.1) is 6.29 Å². The molecule has 0 spiro atoms. The number of hydrogen-bond donors (Lipinski definition) is 0. The Morgan fingerprint density at radius 3 is 1.20 bits per heavy atom. The maximum Gasteiger partial charge on any atom is 0 e. The Balaban J connectivity index is -0.0000000384. The molecule has 0 aromatic heterocycles. The Bertz CT molecular complexity index is 351. The van der Waals surface area contributed by atoms with Crippen LogP contribution in [0.5, 0.6) is 0 Å². The monoisotopic (exact) mass is 314 g/mol. The molecule has 0 heterocycles. The van der Waals surface area contributed by atoms with E-state index in [0.29, 0.717) is 5.56 Å². The van der Waals surface area contributed by atoms with Gasteiger partial charge in [0.25, 0.3) is 0 Å². The van der Waals surface area contributed by atoms with Gasteiger partial charge in [-0.05, 0) is 6.92 Å². The fourth-order valence-electron chi connectivity index (χ4n) is 0.622. The van der Waals surface area contributed by atoms with E-state index in [1.807, 2.05) is 19.1 Å². The summed E-state index contributed by atoms with van der Waals surface area (Å²) >= 11 is 0. The van der Waals surface area contributed by atoms with E-state index in [1.165, 1.54) is 0 Å². The van der Waals surface area contributed by atoms with Crippen LogP contribution in [0.4, 0.5) is 0 Å². The maximum absolute atomic E-state index is 9.99. The van der Waals surface area contributed by atoms with Gasteiger partial charge in [0.2, 0.25) is 0 Å². The Labute approximate surface area is 127 Å². The molecular formula is C13H7MnO6-. The van der Waals surface area contributed by atoms with Gasteiger partial charge in [-0.15, -0.1) is 12.1 Å². The van der Waals surface area contributed by atoms with Gasteiger partial charge in [-0.2, -0.15) is 17.7 Å². The molecule has 6 nitrogen and oxygen atoms in total. The average Bonchev–Trinajstić information content (AvgIpc) is 2.57. The second-order valence-corrected chi connectivity index (χ2v) is 1.97. The second-order valence-electron chi connectivity index (χ2n) is 1.97. The standard InChI is InChI=1S/C8H7O.5CO.Mn/c1-7-2-4-8(6-9)5-3-7;5*1-2;/h2-5H,1H3;;;;;;/q-1;;;;;;. The summed E-state index contributed by atoms with van der Waals surface area (Å²) in [5.74, 6) is 0. The predicted molar refractivity (Wildman–Crippen MR) is 55.6 cm³/mol. The minimum absolute atomic E-state index is 0. The first-order valence-electron chi connectivity index (χ1n) is 3.80. The number of hydrogen-bond acceptors (Lipinski definition) is 1. The van der Waals surface area contributed by atoms with Crippen LogP contribution in [-0.4, -0.2) is 6.29 Å².